The zero-order chi connectivity index (χ0) is 25.4. The molecule has 0 aliphatic rings. The molecule has 0 atom stereocenters. The smallest absolute Gasteiger partial charge is 0.333 e. The van der Waals surface area contributed by atoms with E-state index in [0.29, 0.717) is 28.6 Å². The second kappa shape index (κ2) is 11.3. The van der Waals surface area contributed by atoms with Crippen molar-refractivity contribution in [1.82, 2.24) is 24.6 Å². The number of allylic oxidation sites excluding steroid dienone is 5. The fraction of sp³-hybridized carbons (Fsp3) is 0.0769. The number of hydrogen-bond acceptors (Lipinski definition) is 5. The molecule has 0 aliphatic carbocycles. The summed E-state index contributed by atoms with van der Waals surface area (Å²) in [6.45, 7) is 11.0. The number of carbonyl (C=O) groups excluding carboxylic acids is 1. The van der Waals surface area contributed by atoms with Crippen molar-refractivity contribution in [2.45, 2.75) is 13.8 Å². The molecule has 178 valence electrons. The summed E-state index contributed by atoms with van der Waals surface area (Å²) in [6.07, 6.45) is 10.8. The first-order chi connectivity index (χ1) is 16.9. The summed E-state index contributed by atoms with van der Waals surface area (Å²) in [5.74, 6) is 0.292. The van der Waals surface area contributed by atoms with Crippen LogP contribution >= 0.6 is 0 Å². The Morgan fingerprint density at radius 2 is 1.89 bits per heavy atom. The van der Waals surface area contributed by atoms with Gasteiger partial charge in [-0.2, -0.15) is 5.10 Å². The standard InChI is InChI=1S/C26H25N5O4/c1-5-20(35-23(6-2)22-15-16-28-30(22)7-3)14-13-18(4)29-24(32)21-17-27-26(34)31(25(21)33)19-11-9-8-10-12-19/h5-17H,1,3H2,2,4H3,(H,27,34)(H,29,32)/b18-13+,20-14+,23-6+. The van der Waals surface area contributed by atoms with Gasteiger partial charge >= 0.3 is 5.69 Å². The van der Waals surface area contributed by atoms with Gasteiger partial charge in [-0.1, -0.05) is 31.4 Å². The molecular formula is C26H25N5O4. The monoisotopic (exact) mass is 471 g/mol. The van der Waals surface area contributed by atoms with E-state index in [1.165, 1.54) is 6.08 Å². The van der Waals surface area contributed by atoms with E-state index in [-0.39, 0.29) is 5.56 Å². The molecule has 2 aromatic heterocycles. The number of nitrogens with one attached hydrogen (secondary N) is 2. The van der Waals surface area contributed by atoms with E-state index in [1.807, 2.05) is 6.92 Å². The largest absolute Gasteiger partial charge is 0.455 e. The first-order valence-corrected chi connectivity index (χ1v) is 10.6. The summed E-state index contributed by atoms with van der Waals surface area (Å²) in [6, 6.07) is 10.1. The summed E-state index contributed by atoms with van der Waals surface area (Å²) >= 11 is 0. The van der Waals surface area contributed by atoms with E-state index in [2.05, 4.69) is 28.6 Å². The zero-order valence-electron chi connectivity index (χ0n) is 19.4. The summed E-state index contributed by atoms with van der Waals surface area (Å²) < 4.78 is 8.40. The number of ether oxygens (including phenoxy) is 1. The number of nitrogens with zero attached hydrogens (tertiary/aromatic N) is 3. The van der Waals surface area contributed by atoms with Gasteiger partial charge in [-0.15, -0.1) is 0 Å². The first-order valence-electron chi connectivity index (χ1n) is 10.6. The number of hydrogen-bond donors (Lipinski definition) is 2. The molecule has 0 saturated heterocycles. The molecule has 0 unspecified atom stereocenters. The number of H-pyrrole nitrogens is 1. The summed E-state index contributed by atoms with van der Waals surface area (Å²) in [5, 5.41) is 6.77. The van der Waals surface area contributed by atoms with Crippen molar-refractivity contribution in [3.63, 3.8) is 0 Å². The van der Waals surface area contributed by atoms with Crippen molar-refractivity contribution >= 4 is 17.9 Å². The van der Waals surface area contributed by atoms with Gasteiger partial charge in [0.05, 0.1) is 11.9 Å². The van der Waals surface area contributed by atoms with Gasteiger partial charge < -0.3 is 15.0 Å². The molecule has 9 heteroatoms. The third-order valence-corrected chi connectivity index (χ3v) is 4.83. The maximum Gasteiger partial charge on any atom is 0.333 e. The van der Waals surface area contributed by atoms with Crippen molar-refractivity contribution in [2.75, 3.05) is 0 Å². The molecule has 1 amide bonds. The molecule has 0 saturated carbocycles. The highest BCUT2D eigenvalue weighted by Gasteiger charge is 2.16. The van der Waals surface area contributed by atoms with Gasteiger partial charge in [-0.25, -0.2) is 14.0 Å². The van der Waals surface area contributed by atoms with Gasteiger partial charge in [0.15, 0.2) is 0 Å². The SMILES string of the molecule is C=C/C(=C\C=C(/C)NC(=O)c1c[nH]c(=O)n(-c2ccccc2)c1=O)O/C(=C/C)c1ccnn1C=C. The van der Waals surface area contributed by atoms with Crippen LogP contribution in [0.3, 0.4) is 0 Å². The third-order valence-electron chi connectivity index (χ3n) is 4.83. The van der Waals surface area contributed by atoms with Crippen LogP contribution in [0.1, 0.15) is 29.9 Å². The number of aromatic amines is 1. The molecule has 0 radical (unpaired) electrons. The Hall–Kier alpha value is -4.92. The maximum atomic E-state index is 12.8. The molecule has 2 N–H and O–H groups in total. The number of carbonyl (C=O) groups is 1. The van der Waals surface area contributed by atoms with Crippen LogP contribution < -0.4 is 16.6 Å². The van der Waals surface area contributed by atoms with Crippen molar-refractivity contribution < 1.29 is 9.53 Å². The zero-order valence-corrected chi connectivity index (χ0v) is 19.4. The average molecular weight is 472 g/mol. The van der Waals surface area contributed by atoms with Gasteiger partial charge in [-0.3, -0.25) is 9.59 Å². The van der Waals surface area contributed by atoms with Crippen LogP contribution in [0.25, 0.3) is 17.6 Å². The van der Waals surface area contributed by atoms with Crippen LogP contribution in [-0.4, -0.2) is 25.2 Å². The lowest BCUT2D eigenvalue weighted by molar-refractivity contribution is 0.0963. The highest BCUT2D eigenvalue weighted by molar-refractivity contribution is 5.94. The molecule has 35 heavy (non-hydrogen) atoms. The normalized spacial score (nSPS) is 12.2. The summed E-state index contributed by atoms with van der Waals surface area (Å²) in [5.41, 5.74) is -0.0797. The summed E-state index contributed by atoms with van der Waals surface area (Å²) in [4.78, 5) is 40.2. The minimum Gasteiger partial charge on any atom is -0.455 e. The lowest BCUT2D eigenvalue weighted by atomic mass is 10.2. The van der Waals surface area contributed by atoms with Crippen molar-refractivity contribution in [3.05, 3.63) is 130 Å². The maximum absolute atomic E-state index is 12.8. The highest BCUT2D eigenvalue weighted by Crippen LogP contribution is 2.20. The van der Waals surface area contributed by atoms with Crippen LogP contribution in [0.2, 0.25) is 0 Å². The molecule has 0 spiro atoms. The van der Waals surface area contributed by atoms with Crippen LogP contribution in [0.15, 0.2) is 107 Å². The topological polar surface area (TPSA) is 111 Å². The van der Waals surface area contributed by atoms with E-state index in [1.54, 1.807) is 78.6 Å². The number of para-hydroxylation sites is 1. The lowest BCUT2D eigenvalue weighted by Crippen LogP contribution is -2.39. The van der Waals surface area contributed by atoms with Gasteiger partial charge in [0.2, 0.25) is 0 Å². The first kappa shape index (κ1) is 24.7. The molecule has 9 nitrogen and oxygen atoms in total. The van der Waals surface area contributed by atoms with Crippen LogP contribution in [0.4, 0.5) is 0 Å². The number of aromatic nitrogens is 4. The molecule has 0 bridgehead atoms. The minimum atomic E-state index is -0.729. The molecule has 2 heterocycles. The predicted octanol–water partition coefficient (Wildman–Crippen LogP) is 3.60. The highest BCUT2D eigenvalue weighted by atomic mass is 16.5. The number of amides is 1. The second-order valence-corrected chi connectivity index (χ2v) is 7.16. The van der Waals surface area contributed by atoms with Crippen molar-refractivity contribution in [3.8, 4) is 5.69 Å². The Labute approximate surface area is 201 Å². The van der Waals surface area contributed by atoms with E-state index < -0.39 is 17.2 Å². The van der Waals surface area contributed by atoms with Gasteiger partial charge in [0.25, 0.3) is 11.5 Å². The van der Waals surface area contributed by atoms with Gasteiger partial charge in [-0.05, 0) is 56.4 Å². The Balaban J connectivity index is 1.80. The fourth-order valence-corrected chi connectivity index (χ4v) is 3.13. The Morgan fingerprint density at radius 1 is 1.14 bits per heavy atom. The Morgan fingerprint density at radius 3 is 2.54 bits per heavy atom. The molecule has 3 aromatic rings. The van der Waals surface area contributed by atoms with Gasteiger partial charge in [0.1, 0.15) is 22.8 Å². The van der Waals surface area contributed by atoms with Crippen LogP contribution in [0.5, 0.6) is 0 Å². The van der Waals surface area contributed by atoms with Crippen LogP contribution in [-0.2, 0) is 4.74 Å². The minimum absolute atomic E-state index is 0.209. The van der Waals surface area contributed by atoms with E-state index in [4.69, 9.17) is 4.74 Å². The quantitative estimate of drug-likeness (QED) is 0.366. The molecule has 1 aromatic carbocycles. The van der Waals surface area contributed by atoms with Gasteiger partial charge in [0, 0.05) is 18.1 Å². The predicted molar refractivity (Wildman–Crippen MR) is 136 cm³/mol. The van der Waals surface area contributed by atoms with Crippen molar-refractivity contribution in [1.29, 1.82) is 0 Å². The number of rotatable bonds is 9. The molecule has 3 rings (SSSR count). The lowest BCUT2D eigenvalue weighted by Gasteiger charge is -2.11. The second-order valence-electron chi connectivity index (χ2n) is 7.16. The average Bonchev–Trinajstić information content (AvgIpc) is 3.33. The Kier molecular flexibility index (Phi) is 7.97. The fourth-order valence-electron chi connectivity index (χ4n) is 3.13. The summed E-state index contributed by atoms with van der Waals surface area (Å²) in [7, 11) is 0. The van der Waals surface area contributed by atoms with Crippen molar-refractivity contribution in [2.24, 2.45) is 0 Å². The molecule has 0 fully saturated rings. The number of benzene rings is 1. The third kappa shape index (κ3) is 5.72. The Bertz CT molecular complexity index is 1450. The van der Waals surface area contributed by atoms with E-state index in [9.17, 15) is 14.4 Å². The van der Waals surface area contributed by atoms with Crippen LogP contribution in [0, 0.1) is 0 Å². The van der Waals surface area contributed by atoms with E-state index >= 15 is 0 Å². The van der Waals surface area contributed by atoms with E-state index in [0.717, 1.165) is 10.8 Å². The molecule has 0 aliphatic heterocycles. The molecular weight excluding hydrogens is 446 g/mol.